The van der Waals surface area contributed by atoms with Crippen LogP contribution < -0.4 is 5.32 Å². The fourth-order valence-electron chi connectivity index (χ4n) is 1.82. The Labute approximate surface area is 129 Å². The van der Waals surface area contributed by atoms with Crippen molar-refractivity contribution in [1.82, 2.24) is 14.9 Å². The highest BCUT2D eigenvalue weighted by atomic mass is 79.9. The Balaban J connectivity index is 1.99. The quantitative estimate of drug-likeness (QED) is 0.658. The second-order valence-electron chi connectivity index (χ2n) is 4.38. The van der Waals surface area contributed by atoms with Gasteiger partial charge in [0.05, 0.1) is 9.40 Å². The molecule has 2 aromatic rings. The number of rotatable bonds is 5. The first-order valence-electron chi connectivity index (χ1n) is 6.17. The zero-order valence-corrected chi connectivity index (χ0v) is 12.8. The number of benzene rings is 1. The molecule has 0 radical (unpaired) electrons. The van der Waals surface area contributed by atoms with E-state index in [1.54, 1.807) is 6.20 Å². The van der Waals surface area contributed by atoms with Crippen molar-refractivity contribution in [2.45, 2.75) is 6.42 Å². The molecule has 0 aliphatic rings. The van der Waals surface area contributed by atoms with Gasteiger partial charge in [0, 0.05) is 44.0 Å². The van der Waals surface area contributed by atoms with Crippen molar-refractivity contribution in [3.63, 3.8) is 0 Å². The van der Waals surface area contributed by atoms with E-state index >= 15 is 0 Å². The molecule has 7 nitrogen and oxygen atoms in total. The van der Waals surface area contributed by atoms with Crippen LogP contribution >= 0.6 is 15.9 Å². The Kier molecular flexibility index (Phi) is 4.69. The van der Waals surface area contributed by atoms with Crippen LogP contribution in [0.4, 0.5) is 5.69 Å². The molecule has 1 N–H and O–H groups in total. The number of carbonyl (C=O) groups is 1. The molecule has 0 saturated heterocycles. The lowest BCUT2D eigenvalue weighted by atomic mass is 10.2. The number of nitrogens with one attached hydrogen (secondary N) is 1. The number of amides is 1. The number of nitro groups is 1. The summed E-state index contributed by atoms with van der Waals surface area (Å²) >= 11 is 3.08. The summed E-state index contributed by atoms with van der Waals surface area (Å²) in [5.74, 6) is 0.511. The summed E-state index contributed by atoms with van der Waals surface area (Å²) < 4.78 is 2.22. The Hall–Kier alpha value is -2.22. The van der Waals surface area contributed by atoms with E-state index in [1.807, 2.05) is 17.8 Å². The van der Waals surface area contributed by atoms with E-state index in [0.29, 0.717) is 17.4 Å². The van der Waals surface area contributed by atoms with Crippen LogP contribution in [0.15, 0.2) is 35.1 Å². The molecule has 0 aliphatic heterocycles. The second kappa shape index (κ2) is 6.49. The molecule has 21 heavy (non-hydrogen) atoms. The van der Waals surface area contributed by atoms with Gasteiger partial charge in [0.2, 0.25) is 0 Å². The molecule has 0 aliphatic carbocycles. The molecule has 1 aromatic carbocycles. The third-order valence-corrected chi connectivity index (χ3v) is 3.63. The standard InChI is InChI=1S/C13H13BrN4O3/c1-17-7-6-15-12(17)4-5-16-13(19)9-2-3-10(14)11(8-9)18(20)21/h2-3,6-8H,4-5H2,1H3,(H,16,19). The van der Waals surface area contributed by atoms with Crippen LogP contribution in [-0.4, -0.2) is 26.9 Å². The number of hydrogen-bond donors (Lipinski definition) is 1. The molecule has 110 valence electrons. The Bertz CT molecular complexity index is 684. The molecule has 2 rings (SSSR count). The first-order valence-corrected chi connectivity index (χ1v) is 6.96. The van der Waals surface area contributed by atoms with Gasteiger partial charge >= 0.3 is 0 Å². The third kappa shape index (κ3) is 3.66. The van der Waals surface area contributed by atoms with Crippen molar-refractivity contribution in [1.29, 1.82) is 0 Å². The molecule has 0 unspecified atom stereocenters. The van der Waals surface area contributed by atoms with Crippen molar-refractivity contribution >= 4 is 27.5 Å². The van der Waals surface area contributed by atoms with Gasteiger partial charge in [-0.05, 0) is 28.1 Å². The lowest BCUT2D eigenvalue weighted by Gasteiger charge is -2.06. The fourth-order valence-corrected chi connectivity index (χ4v) is 2.21. The van der Waals surface area contributed by atoms with Crippen molar-refractivity contribution < 1.29 is 9.72 Å². The monoisotopic (exact) mass is 352 g/mol. The summed E-state index contributed by atoms with van der Waals surface area (Å²) in [7, 11) is 1.88. The van der Waals surface area contributed by atoms with Crippen LogP contribution in [-0.2, 0) is 13.5 Å². The Morgan fingerprint density at radius 2 is 2.29 bits per heavy atom. The molecule has 0 saturated carbocycles. The van der Waals surface area contributed by atoms with Gasteiger partial charge in [0.25, 0.3) is 11.6 Å². The average molecular weight is 353 g/mol. The van der Waals surface area contributed by atoms with E-state index < -0.39 is 4.92 Å². The number of nitrogens with zero attached hydrogens (tertiary/aromatic N) is 3. The van der Waals surface area contributed by atoms with E-state index in [0.717, 1.165) is 5.82 Å². The summed E-state index contributed by atoms with van der Waals surface area (Å²) in [5, 5.41) is 13.6. The maximum Gasteiger partial charge on any atom is 0.284 e. The highest BCUT2D eigenvalue weighted by molar-refractivity contribution is 9.10. The van der Waals surface area contributed by atoms with Gasteiger partial charge in [0.1, 0.15) is 5.82 Å². The van der Waals surface area contributed by atoms with Crippen molar-refractivity contribution in [2.75, 3.05) is 6.54 Å². The minimum absolute atomic E-state index is 0.133. The normalized spacial score (nSPS) is 10.4. The number of aryl methyl sites for hydroxylation is 1. The minimum atomic E-state index is -0.533. The number of imidazole rings is 1. The van der Waals surface area contributed by atoms with Crippen molar-refractivity contribution in [3.8, 4) is 0 Å². The Morgan fingerprint density at radius 3 is 2.90 bits per heavy atom. The van der Waals surface area contributed by atoms with E-state index in [2.05, 4.69) is 26.2 Å². The summed E-state index contributed by atoms with van der Waals surface area (Å²) in [6.45, 7) is 0.410. The second-order valence-corrected chi connectivity index (χ2v) is 5.24. The first-order chi connectivity index (χ1) is 9.99. The zero-order chi connectivity index (χ0) is 15.4. The van der Waals surface area contributed by atoms with Crippen LogP contribution in [0.2, 0.25) is 0 Å². The summed E-state index contributed by atoms with van der Waals surface area (Å²) in [4.78, 5) is 26.4. The minimum Gasteiger partial charge on any atom is -0.352 e. The van der Waals surface area contributed by atoms with Gasteiger partial charge in [-0.3, -0.25) is 14.9 Å². The molecule has 1 aromatic heterocycles. The molecular formula is C13H13BrN4O3. The van der Waals surface area contributed by atoms with Gasteiger partial charge < -0.3 is 9.88 Å². The van der Waals surface area contributed by atoms with Crippen LogP contribution in [0.1, 0.15) is 16.2 Å². The van der Waals surface area contributed by atoms with Crippen molar-refractivity contribution in [3.05, 3.63) is 56.6 Å². The van der Waals surface area contributed by atoms with Crippen molar-refractivity contribution in [2.24, 2.45) is 7.05 Å². The van der Waals surface area contributed by atoms with E-state index in [-0.39, 0.29) is 17.2 Å². The fraction of sp³-hybridized carbons (Fsp3) is 0.231. The maximum absolute atomic E-state index is 12.0. The predicted octanol–water partition coefficient (Wildman–Crippen LogP) is 2.06. The topological polar surface area (TPSA) is 90.1 Å². The third-order valence-electron chi connectivity index (χ3n) is 2.96. The smallest absolute Gasteiger partial charge is 0.284 e. The number of nitro benzene ring substituents is 1. The summed E-state index contributed by atoms with van der Waals surface area (Å²) in [6.07, 6.45) is 4.11. The summed E-state index contributed by atoms with van der Waals surface area (Å²) in [5.41, 5.74) is 0.122. The Morgan fingerprint density at radius 1 is 1.52 bits per heavy atom. The van der Waals surface area contributed by atoms with Crippen LogP contribution in [0.25, 0.3) is 0 Å². The maximum atomic E-state index is 12.0. The van der Waals surface area contributed by atoms with E-state index in [1.165, 1.54) is 18.2 Å². The van der Waals surface area contributed by atoms with E-state index in [4.69, 9.17) is 0 Å². The van der Waals surface area contributed by atoms with Crippen LogP contribution in [0.5, 0.6) is 0 Å². The van der Waals surface area contributed by atoms with Gasteiger partial charge in [-0.1, -0.05) is 0 Å². The molecule has 0 atom stereocenters. The molecule has 0 spiro atoms. The van der Waals surface area contributed by atoms with Crippen LogP contribution in [0, 0.1) is 10.1 Å². The average Bonchev–Trinajstić information content (AvgIpc) is 2.84. The van der Waals surface area contributed by atoms with Gasteiger partial charge in [0.15, 0.2) is 0 Å². The number of halogens is 1. The number of carbonyl (C=O) groups excluding carboxylic acids is 1. The number of aromatic nitrogens is 2. The summed E-state index contributed by atoms with van der Waals surface area (Å²) in [6, 6.07) is 4.28. The van der Waals surface area contributed by atoms with Gasteiger partial charge in [-0.2, -0.15) is 0 Å². The van der Waals surface area contributed by atoms with E-state index in [9.17, 15) is 14.9 Å². The number of hydrogen-bond acceptors (Lipinski definition) is 4. The lowest BCUT2D eigenvalue weighted by Crippen LogP contribution is -2.26. The van der Waals surface area contributed by atoms with Gasteiger partial charge in [-0.15, -0.1) is 0 Å². The first kappa shape index (κ1) is 15.2. The molecule has 0 bridgehead atoms. The molecule has 8 heteroatoms. The highest BCUT2D eigenvalue weighted by Crippen LogP contribution is 2.25. The van der Waals surface area contributed by atoms with Crippen LogP contribution in [0.3, 0.4) is 0 Å². The van der Waals surface area contributed by atoms with Gasteiger partial charge in [-0.25, -0.2) is 4.98 Å². The SMILES string of the molecule is Cn1ccnc1CCNC(=O)c1ccc(Br)c([N+](=O)[O-])c1. The molecule has 0 fully saturated rings. The molecular weight excluding hydrogens is 340 g/mol. The highest BCUT2D eigenvalue weighted by Gasteiger charge is 2.15. The molecule has 1 heterocycles. The predicted molar refractivity (Wildman–Crippen MR) is 80.0 cm³/mol. The lowest BCUT2D eigenvalue weighted by molar-refractivity contribution is -0.385. The molecule has 1 amide bonds. The largest absolute Gasteiger partial charge is 0.352 e. The zero-order valence-electron chi connectivity index (χ0n) is 11.2.